The summed E-state index contributed by atoms with van der Waals surface area (Å²) in [5, 5.41) is 16.4. The maximum Gasteiger partial charge on any atom is 0.338 e. The maximum atomic E-state index is 13.0. The molecule has 0 radical (unpaired) electrons. The molecular formula is C25H27ClN4O7. The number of halogens is 1. The molecule has 0 saturated carbocycles. The normalized spacial score (nSPS) is 15.3. The van der Waals surface area contributed by atoms with Crippen LogP contribution in [0.5, 0.6) is 0 Å². The number of carbonyl (C=O) groups is 3. The fourth-order valence-electron chi connectivity index (χ4n) is 3.88. The van der Waals surface area contributed by atoms with Gasteiger partial charge in [0, 0.05) is 37.2 Å². The number of carbonyl (C=O) groups excluding carboxylic acids is 3. The third-order valence-electron chi connectivity index (χ3n) is 5.67. The number of anilines is 1. The SMILES string of the molecule is CCCN1C(=O)N[C@H](c2cccc(NC(=O)c3ccc([N+](=O)[O-])cc3Cl)c2)C(C(=O)OCCOC)=C1C. The van der Waals surface area contributed by atoms with Gasteiger partial charge in [-0.05, 0) is 37.1 Å². The van der Waals surface area contributed by atoms with Crippen LogP contribution in [0.4, 0.5) is 16.2 Å². The van der Waals surface area contributed by atoms with Gasteiger partial charge < -0.3 is 20.1 Å². The second kappa shape index (κ2) is 12.3. The summed E-state index contributed by atoms with van der Waals surface area (Å²) in [5.41, 5.74) is 1.47. The quantitative estimate of drug-likeness (QED) is 0.200. The number of hydrogen-bond donors (Lipinski definition) is 2. The van der Waals surface area contributed by atoms with E-state index >= 15 is 0 Å². The van der Waals surface area contributed by atoms with E-state index < -0.39 is 22.8 Å². The lowest BCUT2D eigenvalue weighted by Gasteiger charge is -2.35. The Morgan fingerprint density at radius 3 is 2.62 bits per heavy atom. The van der Waals surface area contributed by atoms with Crippen LogP contribution in [0.3, 0.4) is 0 Å². The molecule has 0 bridgehead atoms. The van der Waals surface area contributed by atoms with Crippen molar-refractivity contribution in [3.63, 3.8) is 0 Å². The molecule has 2 N–H and O–H groups in total. The largest absolute Gasteiger partial charge is 0.460 e. The number of benzene rings is 2. The molecule has 0 unspecified atom stereocenters. The van der Waals surface area contributed by atoms with Gasteiger partial charge in [-0.25, -0.2) is 9.59 Å². The standard InChI is InChI=1S/C25H27ClN4O7/c1-4-10-29-15(2)21(24(32)37-12-11-36-3)22(28-25(29)33)16-6-5-7-17(13-16)27-23(31)19-9-8-18(30(34)35)14-20(19)26/h5-9,13-14,22H,4,10-12H2,1-3H3,(H,27,31)(H,28,33)/t22-/m1/s1. The fourth-order valence-corrected chi connectivity index (χ4v) is 4.14. The lowest BCUT2D eigenvalue weighted by molar-refractivity contribution is -0.384. The van der Waals surface area contributed by atoms with Gasteiger partial charge in [-0.15, -0.1) is 0 Å². The van der Waals surface area contributed by atoms with Gasteiger partial charge in [0.1, 0.15) is 6.61 Å². The molecule has 37 heavy (non-hydrogen) atoms. The molecule has 2 aromatic rings. The highest BCUT2D eigenvalue weighted by Crippen LogP contribution is 2.33. The van der Waals surface area contributed by atoms with E-state index in [-0.39, 0.29) is 41.1 Å². The van der Waals surface area contributed by atoms with Gasteiger partial charge in [-0.3, -0.25) is 19.8 Å². The van der Waals surface area contributed by atoms with Crippen LogP contribution >= 0.6 is 11.6 Å². The van der Waals surface area contributed by atoms with E-state index in [1.54, 1.807) is 31.2 Å². The average molecular weight is 531 g/mol. The van der Waals surface area contributed by atoms with E-state index in [4.69, 9.17) is 21.1 Å². The van der Waals surface area contributed by atoms with Gasteiger partial charge in [0.25, 0.3) is 11.6 Å². The van der Waals surface area contributed by atoms with Crippen LogP contribution in [0.15, 0.2) is 53.7 Å². The summed E-state index contributed by atoms with van der Waals surface area (Å²) in [4.78, 5) is 50.5. The first-order valence-corrected chi connectivity index (χ1v) is 11.9. The first-order valence-electron chi connectivity index (χ1n) is 11.5. The molecule has 11 nitrogen and oxygen atoms in total. The lowest BCUT2D eigenvalue weighted by Crippen LogP contribution is -2.48. The highest BCUT2D eigenvalue weighted by molar-refractivity contribution is 6.34. The van der Waals surface area contributed by atoms with E-state index in [0.29, 0.717) is 29.9 Å². The third kappa shape index (κ3) is 6.43. The van der Waals surface area contributed by atoms with Gasteiger partial charge >= 0.3 is 12.0 Å². The smallest absolute Gasteiger partial charge is 0.338 e. The molecule has 196 valence electrons. The molecule has 1 heterocycles. The Bertz CT molecular complexity index is 1250. The van der Waals surface area contributed by atoms with Crippen molar-refractivity contribution in [1.82, 2.24) is 10.2 Å². The molecule has 0 spiro atoms. The Morgan fingerprint density at radius 1 is 1.22 bits per heavy atom. The van der Waals surface area contributed by atoms with Crippen LogP contribution < -0.4 is 10.6 Å². The zero-order chi connectivity index (χ0) is 27.1. The highest BCUT2D eigenvalue weighted by atomic mass is 35.5. The number of nitro groups is 1. The summed E-state index contributed by atoms with van der Waals surface area (Å²) in [5.74, 6) is -1.17. The second-order valence-electron chi connectivity index (χ2n) is 8.16. The molecule has 0 fully saturated rings. The van der Waals surface area contributed by atoms with Crippen molar-refractivity contribution in [3.05, 3.63) is 80.0 Å². The van der Waals surface area contributed by atoms with Crippen molar-refractivity contribution in [2.75, 3.05) is 32.2 Å². The first kappa shape index (κ1) is 27.6. The van der Waals surface area contributed by atoms with Crippen LogP contribution in [0.1, 0.15) is 42.2 Å². The number of rotatable bonds is 10. The van der Waals surface area contributed by atoms with Crippen LogP contribution in [0, 0.1) is 10.1 Å². The van der Waals surface area contributed by atoms with Gasteiger partial charge in [0.2, 0.25) is 0 Å². The molecule has 3 amide bonds. The number of esters is 1. The summed E-state index contributed by atoms with van der Waals surface area (Å²) in [7, 11) is 1.49. The average Bonchev–Trinajstić information content (AvgIpc) is 2.86. The van der Waals surface area contributed by atoms with Crippen LogP contribution in [0.2, 0.25) is 5.02 Å². The number of nitrogens with one attached hydrogen (secondary N) is 2. The molecule has 0 aliphatic carbocycles. The van der Waals surface area contributed by atoms with E-state index in [9.17, 15) is 24.5 Å². The molecule has 12 heteroatoms. The first-order chi connectivity index (χ1) is 17.7. The van der Waals surface area contributed by atoms with Gasteiger partial charge in [0.05, 0.1) is 33.7 Å². The molecule has 0 saturated heterocycles. The Labute approximate surface area is 218 Å². The Balaban J connectivity index is 1.91. The van der Waals surface area contributed by atoms with E-state index in [2.05, 4.69) is 10.6 Å². The van der Waals surface area contributed by atoms with Crippen molar-refractivity contribution in [2.24, 2.45) is 0 Å². The van der Waals surface area contributed by atoms with E-state index in [0.717, 1.165) is 6.07 Å². The molecule has 1 atom stereocenters. The van der Waals surface area contributed by atoms with Gasteiger partial charge in [0.15, 0.2) is 0 Å². The Kier molecular flexibility index (Phi) is 9.20. The number of nitrogens with zero attached hydrogens (tertiary/aromatic N) is 2. The number of allylic oxidation sites excluding steroid dienone is 1. The number of non-ortho nitro benzene ring substituents is 1. The Morgan fingerprint density at radius 2 is 1.97 bits per heavy atom. The second-order valence-corrected chi connectivity index (χ2v) is 8.57. The maximum absolute atomic E-state index is 13.0. The Hall–Kier alpha value is -3.96. The zero-order valence-corrected chi connectivity index (χ0v) is 21.3. The van der Waals surface area contributed by atoms with Gasteiger partial charge in [-0.1, -0.05) is 30.7 Å². The minimum absolute atomic E-state index is 0.0483. The number of nitro benzene ring substituents is 1. The number of methoxy groups -OCH3 is 1. The van der Waals surface area contributed by atoms with Crippen LogP contribution in [-0.2, 0) is 14.3 Å². The molecule has 0 aromatic heterocycles. The summed E-state index contributed by atoms with van der Waals surface area (Å²) < 4.78 is 10.3. The number of urea groups is 1. The predicted octanol–water partition coefficient (Wildman–Crippen LogP) is 4.44. The molecular weight excluding hydrogens is 504 g/mol. The highest BCUT2D eigenvalue weighted by Gasteiger charge is 2.36. The van der Waals surface area contributed by atoms with Crippen LogP contribution in [-0.4, -0.2) is 54.6 Å². The summed E-state index contributed by atoms with van der Waals surface area (Å²) in [6, 6.07) is 8.99. The van der Waals surface area contributed by atoms with Crippen molar-refractivity contribution in [3.8, 4) is 0 Å². The fraction of sp³-hybridized carbons (Fsp3) is 0.320. The van der Waals surface area contributed by atoms with Crippen molar-refractivity contribution in [1.29, 1.82) is 0 Å². The number of ether oxygens (including phenoxy) is 2. The van der Waals surface area contributed by atoms with Crippen molar-refractivity contribution >= 4 is 40.9 Å². The summed E-state index contributed by atoms with van der Waals surface area (Å²) in [6.45, 7) is 4.31. The predicted molar refractivity (Wildman–Crippen MR) is 136 cm³/mol. The van der Waals surface area contributed by atoms with Crippen molar-refractivity contribution in [2.45, 2.75) is 26.3 Å². The lowest BCUT2D eigenvalue weighted by atomic mass is 9.94. The number of amides is 3. The summed E-state index contributed by atoms with van der Waals surface area (Å²) in [6.07, 6.45) is 0.689. The van der Waals surface area contributed by atoms with Crippen LogP contribution in [0.25, 0.3) is 0 Å². The third-order valence-corrected chi connectivity index (χ3v) is 5.98. The minimum atomic E-state index is -0.824. The molecule has 2 aromatic carbocycles. The molecule has 1 aliphatic rings. The van der Waals surface area contributed by atoms with Crippen molar-refractivity contribution < 1.29 is 28.8 Å². The van der Waals surface area contributed by atoms with E-state index in [1.807, 2.05) is 6.92 Å². The zero-order valence-electron chi connectivity index (χ0n) is 20.6. The van der Waals surface area contributed by atoms with Gasteiger partial charge in [-0.2, -0.15) is 0 Å². The monoisotopic (exact) mass is 530 g/mol. The summed E-state index contributed by atoms with van der Waals surface area (Å²) >= 11 is 6.08. The minimum Gasteiger partial charge on any atom is -0.460 e. The topological polar surface area (TPSA) is 140 Å². The molecule has 1 aliphatic heterocycles. The molecule has 3 rings (SSSR count). The number of hydrogen-bond acceptors (Lipinski definition) is 7. The van der Waals surface area contributed by atoms with E-state index in [1.165, 1.54) is 24.1 Å².